The third-order valence-electron chi connectivity index (χ3n) is 6.68. The van der Waals surface area contributed by atoms with Gasteiger partial charge in [-0.2, -0.15) is 0 Å². The summed E-state index contributed by atoms with van der Waals surface area (Å²) in [6, 6.07) is 0. The Labute approximate surface area is 244 Å². The summed E-state index contributed by atoms with van der Waals surface area (Å²) in [5.41, 5.74) is 11.3. The van der Waals surface area contributed by atoms with E-state index in [-0.39, 0.29) is 54.3 Å². The first-order chi connectivity index (χ1) is 20.9. The molecule has 2 bridgehead atoms. The molecule has 24 heteroatoms. The van der Waals surface area contributed by atoms with Crippen LogP contribution < -0.4 is 42.4 Å². The average Bonchev–Trinajstić information content (AvgIpc) is 3.72. The summed E-state index contributed by atoms with van der Waals surface area (Å²) in [5, 5.41) is 8.95. The molecule has 1 saturated heterocycles. The van der Waals surface area contributed by atoms with Crippen molar-refractivity contribution >= 4 is 45.2 Å². The van der Waals surface area contributed by atoms with Gasteiger partial charge in [0.25, 0.3) is 0 Å². The SMILES string of the molecule is NC1=C2NCN(c3oc4c(c3F)O[PH](O)(O)O/C=C3\CC(=C(n5cnc6c(=O)[nH]c(N)nc65)O3)O[PH](O)(O)OC4)C2NCN1. The third kappa shape index (κ3) is 4.88. The number of furan rings is 1. The predicted octanol–water partition coefficient (Wildman–Crippen LogP) is -1.78. The minimum atomic E-state index is -5.23. The fourth-order valence-corrected chi connectivity index (χ4v) is 6.47. The number of nitrogens with one attached hydrogen (secondary N) is 4. The fourth-order valence-electron chi connectivity index (χ4n) is 4.81. The Balaban J connectivity index is 1.25. The molecule has 3 aromatic rings. The van der Waals surface area contributed by atoms with Crippen LogP contribution in [0.5, 0.6) is 5.75 Å². The molecular weight excluding hydrogens is 637 g/mol. The number of anilines is 2. The Morgan fingerprint density at radius 2 is 1.95 bits per heavy atom. The molecule has 7 rings (SSSR count). The number of ether oxygens (including phenoxy) is 1. The van der Waals surface area contributed by atoms with Crippen LogP contribution in [-0.2, 0) is 24.9 Å². The summed E-state index contributed by atoms with van der Waals surface area (Å²) in [7, 11) is -10.4. The topological polar surface area (TPSA) is 295 Å². The van der Waals surface area contributed by atoms with E-state index in [1.165, 1.54) is 4.90 Å². The van der Waals surface area contributed by atoms with Gasteiger partial charge in [-0.3, -0.25) is 0 Å². The van der Waals surface area contributed by atoms with Crippen LogP contribution >= 0.6 is 16.3 Å². The Morgan fingerprint density at radius 3 is 2.77 bits per heavy atom. The zero-order valence-corrected chi connectivity index (χ0v) is 24.0. The summed E-state index contributed by atoms with van der Waals surface area (Å²) in [6.45, 7) is -0.595. The first-order valence-corrected chi connectivity index (χ1v) is 16.0. The van der Waals surface area contributed by atoms with Crippen molar-refractivity contribution in [2.45, 2.75) is 19.2 Å². The van der Waals surface area contributed by atoms with Gasteiger partial charge in [0.15, 0.2) is 0 Å². The van der Waals surface area contributed by atoms with E-state index in [2.05, 4.69) is 30.9 Å². The van der Waals surface area contributed by atoms with Crippen molar-refractivity contribution in [2.24, 2.45) is 5.73 Å². The van der Waals surface area contributed by atoms with Crippen LogP contribution in [-0.4, -0.2) is 58.6 Å². The van der Waals surface area contributed by atoms with Crippen molar-refractivity contribution in [1.29, 1.82) is 0 Å². The van der Waals surface area contributed by atoms with Gasteiger partial charge in [-0.25, -0.2) is 0 Å². The Hall–Kier alpha value is -4.40. The summed E-state index contributed by atoms with van der Waals surface area (Å²) in [6.07, 6.45) is 0.897. The number of nitrogens with two attached hydrogens (primary N) is 2. The summed E-state index contributed by atoms with van der Waals surface area (Å²) in [4.78, 5) is 66.6. The maximum atomic E-state index is 15.8. The molecule has 12 N–H and O–H groups in total. The number of aromatic amines is 1. The van der Waals surface area contributed by atoms with E-state index in [9.17, 15) is 24.4 Å². The predicted molar refractivity (Wildman–Crippen MR) is 148 cm³/mol. The van der Waals surface area contributed by atoms with E-state index in [1.54, 1.807) is 0 Å². The molecule has 4 aliphatic rings. The Bertz CT molecular complexity index is 1840. The zero-order chi connectivity index (χ0) is 31.0. The maximum absolute atomic E-state index is 15.8. The molecule has 44 heavy (non-hydrogen) atoms. The molecule has 7 heterocycles. The average molecular weight is 662 g/mol. The molecule has 238 valence electrons. The van der Waals surface area contributed by atoms with Crippen LogP contribution in [0.15, 0.2) is 44.8 Å². The van der Waals surface area contributed by atoms with E-state index in [0.29, 0.717) is 11.5 Å². The van der Waals surface area contributed by atoms with Gasteiger partial charge in [0, 0.05) is 0 Å². The number of rotatable bonds is 2. The summed E-state index contributed by atoms with van der Waals surface area (Å²) in [5.74, 6) is -3.49. The molecule has 0 aliphatic carbocycles. The second-order valence-electron chi connectivity index (χ2n) is 9.60. The number of fused-ring (bicyclic) bond motifs is 5. The van der Waals surface area contributed by atoms with Crippen molar-refractivity contribution in [2.75, 3.05) is 24.0 Å². The normalized spacial score (nSPS) is 25.2. The van der Waals surface area contributed by atoms with Crippen LogP contribution in [0, 0.1) is 5.82 Å². The van der Waals surface area contributed by atoms with Crippen LogP contribution in [0.1, 0.15) is 12.2 Å². The van der Waals surface area contributed by atoms with E-state index < -0.39 is 57.9 Å². The van der Waals surface area contributed by atoms with E-state index in [1.807, 2.05) is 0 Å². The van der Waals surface area contributed by atoms with Gasteiger partial charge in [-0.15, -0.1) is 0 Å². The van der Waals surface area contributed by atoms with E-state index >= 15 is 4.39 Å². The van der Waals surface area contributed by atoms with Crippen molar-refractivity contribution in [3.8, 4) is 5.75 Å². The number of imidazole rings is 1. The minimum absolute atomic E-state index is 0.0222. The number of hydrogen-bond donors (Lipinski definition) is 10. The van der Waals surface area contributed by atoms with Gasteiger partial charge in [0.05, 0.1) is 0 Å². The molecule has 0 amide bonds. The molecule has 1 fully saturated rings. The first-order valence-electron chi connectivity index (χ1n) is 12.6. The molecule has 0 radical (unpaired) electrons. The monoisotopic (exact) mass is 662 g/mol. The Morgan fingerprint density at radius 1 is 1.14 bits per heavy atom. The molecular formula is C20H25FN10O11P2. The fraction of sp³-hybridized carbons (Fsp3) is 0.250. The zero-order valence-electron chi connectivity index (χ0n) is 22.0. The number of nitrogens with zero attached hydrogens (tertiary/aromatic N) is 4. The van der Waals surface area contributed by atoms with Crippen molar-refractivity contribution in [3.05, 3.63) is 57.6 Å². The number of H-pyrrole nitrogens is 1. The van der Waals surface area contributed by atoms with Crippen LogP contribution in [0.2, 0.25) is 0 Å². The summed E-state index contributed by atoms with van der Waals surface area (Å²) < 4.78 is 49.1. The molecule has 0 saturated carbocycles. The van der Waals surface area contributed by atoms with Crippen molar-refractivity contribution < 1.29 is 51.2 Å². The van der Waals surface area contributed by atoms with Gasteiger partial charge < -0.3 is 0 Å². The van der Waals surface area contributed by atoms with Crippen molar-refractivity contribution in [1.82, 2.24) is 35.5 Å². The standard InChI is InChI=1S/C20H25FN10O11P2/c21-10-13-9(40-19(10)30-5-26-11-14(22)24-4-25-15(11)30)3-38-43(33,34)41-8-1-7(2-37-44(35,36)42-13)39-18(8)31-6-27-12-16(31)28-20(23)29-17(12)32/h2,6,15,24-26,33-36,43-44H,1,3-5,22H2,(H3,23,28,29,32)/b7-2+. The molecule has 3 aromatic heterocycles. The number of nitrogen functional groups attached to an aromatic ring is 1. The molecule has 4 aliphatic heterocycles. The van der Waals surface area contributed by atoms with Gasteiger partial charge in [-0.05, 0) is 0 Å². The van der Waals surface area contributed by atoms with E-state index in [4.69, 9.17) is 38.7 Å². The molecule has 21 nitrogen and oxygen atoms in total. The van der Waals surface area contributed by atoms with Crippen molar-refractivity contribution in [3.63, 3.8) is 0 Å². The second kappa shape index (κ2) is 10.1. The summed E-state index contributed by atoms with van der Waals surface area (Å²) >= 11 is 0. The van der Waals surface area contributed by atoms with E-state index in [0.717, 1.165) is 17.2 Å². The first kappa shape index (κ1) is 28.4. The van der Waals surface area contributed by atoms with Gasteiger partial charge in [0.2, 0.25) is 0 Å². The molecule has 0 aromatic carbocycles. The molecule has 1 unspecified atom stereocenters. The quantitative estimate of drug-likeness (QED) is 0.136. The number of aromatic nitrogens is 4. The van der Waals surface area contributed by atoms with Crippen LogP contribution in [0.3, 0.4) is 0 Å². The van der Waals surface area contributed by atoms with Crippen LogP contribution in [0.4, 0.5) is 16.2 Å². The van der Waals surface area contributed by atoms with Gasteiger partial charge in [-0.1, -0.05) is 0 Å². The van der Waals surface area contributed by atoms with Crippen LogP contribution in [0.25, 0.3) is 17.0 Å². The number of halogens is 1. The molecule has 1 atom stereocenters. The van der Waals surface area contributed by atoms with Gasteiger partial charge in [0.1, 0.15) is 0 Å². The number of hydrogen-bond acceptors (Lipinski definition) is 19. The Kier molecular flexibility index (Phi) is 6.50. The second-order valence-corrected chi connectivity index (χ2v) is 12.7. The van der Waals surface area contributed by atoms with Gasteiger partial charge >= 0.3 is 244 Å². The molecule has 0 spiro atoms. The third-order valence-corrected chi connectivity index (χ3v) is 8.61.